The van der Waals surface area contributed by atoms with Crippen LogP contribution in [0.5, 0.6) is 11.5 Å². The molecule has 0 unspecified atom stereocenters. The van der Waals surface area contributed by atoms with E-state index in [1.54, 1.807) is 6.07 Å². The Morgan fingerprint density at radius 2 is 1.84 bits per heavy atom. The van der Waals surface area contributed by atoms with Gasteiger partial charge in [0, 0.05) is 17.8 Å². The summed E-state index contributed by atoms with van der Waals surface area (Å²) in [5.74, 6) is 0.702. The lowest BCUT2D eigenvalue weighted by Gasteiger charge is -2.12. The van der Waals surface area contributed by atoms with E-state index in [-0.39, 0.29) is 5.75 Å². The summed E-state index contributed by atoms with van der Waals surface area (Å²) in [5, 5.41) is 10.0. The molecule has 100 valence electrons. The average Bonchev–Trinajstić information content (AvgIpc) is 2.44. The molecule has 4 heteroatoms. The first-order valence-electron chi connectivity index (χ1n) is 6.29. The van der Waals surface area contributed by atoms with Gasteiger partial charge in [0.2, 0.25) is 0 Å². The van der Waals surface area contributed by atoms with Gasteiger partial charge in [-0.15, -0.1) is 0 Å². The fourth-order valence-electron chi connectivity index (χ4n) is 1.75. The van der Waals surface area contributed by atoms with Crippen LogP contribution in [0, 0.1) is 0 Å². The second-order valence-corrected chi connectivity index (χ2v) is 4.04. The summed E-state index contributed by atoms with van der Waals surface area (Å²) in [4.78, 5) is 0. The molecule has 0 saturated heterocycles. The van der Waals surface area contributed by atoms with Crippen molar-refractivity contribution in [2.24, 2.45) is 0 Å². The summed E-state index contributed by atoms with van der Waals surface area (Å²) in [5.41, 5.74) is 7.89. The van der Waals surface area contributed by atoms with Gasteiger partial charge in [-0.2, -0.15) is 0 Å². The van der Waals surface area contributed by atoms with Gasteiger partial charge < -0.3 is 15.3 Å². The largest absolute Gasteiger partial charge is 0.504 e. The Kier molecular flexibility index (Phi) is 4.64. The highest BCUT2D eigenvalue weighted by Crippen LogP contribution is 2.29. The van der Waals surface area contributed by atoms with Crippen molar-refractivity contribution < 1.29 is 9.84 Å². The van der Waals surface area contributed by atoms with Crippen LogP contribution in [0.3, 0.4) is 0 Å². The number of nitrogens with one attached hydrogen (secondary N) is 2. The van der Waals surface area contributed by atoms with E-state index in [1.807, 2.05) is 49.4 Å². The Bertz CT molecular complexity index is 515. The molecule has 0 aliphatic rings. The van der Waals surface area contributed by atoms with Crippen molar-refractivity contribution in [2.45, 2.75) is 13.5 Å². The monoisotopic (exact) mass is 258 g/mol. The predicted octanol–water partition coefficient (Wildman–Crippen LogP) is 2.91. The molecule has 0 bridgehead atoms. The molecular weight excluding hydrogens is 240 g/mol. The molecule has 19 heavy (non-hydrogen) atoms. The van der Waals surface area contributed by atoms with Crippen LogP contribution in [0.2, 0.25) is 0 Å². The number of aromatic hydroxyl groups is 1. The van der Waals surface area contributed by atoms with Gasteiger partial charge in [0.25, 0.3) is 0 Å². The van der Waals surface area contributed by atoms with E-state index in [1.165, 1.54) is 0 Å². The summed E-state index contributed by atoms with van der Waals surface area (Å²) < 4.78 is 5.34. The number of hydrazine groups is 1. The van der Waals surface area contributed by atoms with Crippen LogP contribution in [0.4, 0.5) is 5.69 Å². The first kappa shape index (κ1) is 13.2. The number of hydrogen-bond donors (Lipinski definition) is 3. The van der Waals surface area contributed by atoms with Crippen molar-refractivity contribution >= 4 is 5.69 Å². The Morgan fingerprint density at radius 3 is 2.58 bits per heavy atom. The lowest BCUT2D eigenvalue weighted by atomic mass is 10.2. The maximum atomic E-state index is 10.0. The minimum Gasteiger partial charge on any atom is -0.504 e. The third-order valence-electron chi connectivity index (χ3n) is 2.67. The number of benzene rings is 2. The van der Waals surface area contributed by atoms with Gasteiger partial charge in [0.05, 0.1) is 6.61 Å². The van der Waals surface area contributed by atoms with E-state index in [4.69, 9.17) is 4.74 Å². The zero-order valence-corrected chi connectivity index (χ0v) is 10.9. The fraction of sp³-hybridized carbons (Fsp3) is 0.200. The van der Waals surface area contributed by atoms with Crippen LogP contribution >= 0.6 is 0 Å². The van der Waals surface area contributed by atoms with Crippen molar-refractivity contribution in [1.29, 1.82) is 0 Å². The molecule has 2 aromatic carbocycles. The summed E-state index contributed by atoms with van der Waals surface area (Å²) in [6.07, 6.45) is 0. The Balaban J connectivity index is 1.94. The van der Waals surface area contributed by atoms with Crippen molar-refractivity contribution in [2.75, 3.05) is 12.0 Å². The Morgan fingerprint density at radius 1 is 1.05 bits per heavy atom. The number of para-hydroxylation sites is 2. The van der Waals surface area contributed by atoms with Gasteiger partial charge in [-0.3, -0.25) is 0 Å². The van der Waals surface area contributed by atoms with Gasteiger partial charge >= 0.3 is 0 Å². The first-order valence-corrected chi connectivity index (χ1v) is 6.29. The molecule has 4 nitrogen and oxygen atoms in total. The molecule has 3 N–H and O–H groups in total. The van der Waals surface area contributed by atoms with Gasteiger partial charge in [-0.05, 0) is 25.1 Å². The summed E-state index contributed by atoms with van der Waals surface area (Å²) in [6.45, 7) is 2.93. The van der Waals surface area contributed by atoms with E-state index in [0.717, 1.165) is 11.3 Å². The van der Waals surface area contributed by atoms with Gasteiger partial charge in [0.1, 0.15) is 0 Å². The molecule has 2 rings (SSSR count). The molecule has 0 aliphatic carbocycles. The molecule has 0 amide bonds. The Labute approximate surface area is 113 Å². The molecule has 0 spiro atoms. The van der Waals surface area contributed by atoms with Crippen LogP contribution in [-0.4, -0.2) is 11.7 Å². The molecule has 0 saturated carbocycles. The molecular formula is C15H18N2O2. The molecule has 0 fully saturated rings. The van der Waals surface area contributed by atoms with Crippen LogP contribution in [0.15, 0.2) is 48.5 Å². The number of anilines is 1. The quantitative estimate of drug-likeness (QED) is 0.697. The van der Waals surface area contributed by atoms with E-state index in [0.29, 0.717) is 18.9 Å². The maximum Gasteiger partial charge on any atom is 0.162 e. The third kappa shape index (κ3) is 3.63. The number of ether oxygens (including phenoxy) is 1. The lowest BCUT2D eigenvalue weighted by Crippen LogP contribution is -2.20. The van der Waals surface area contributed by atoms with Crippen molar-refractivity contribution in [3.63, 3.8) is 0 Å². The zero-order chi connectivity index (χ0) is 13.5. The number of phenolic OH excluding ortho intramolecular Hbond substituents is 1. The molecule has 0 aromatic heterocycles. The second-order valence-electron chi connectivity index (χ2n) is 4.04. The van der Waals surface area contributed by atoms with E-state index in [9.17, 15) is 5.11 Å². The van der Waals surface area contributed by atoms with Gasteiger partial charge in [-0.25, -0.2) is 5.43 Å². The molecule has 0 atom stereocenters. The molecule has 0 radical (unpaired) electrons. The van der Waals surface area contributed by atoms with Gasteiger partial charge in [-0.1, -0.05) is 30.3 Å². The van der Waals surface area contributed by atoms with Crippen LogP contribution < -0.4 is 15.6 Å². The number of phenols is 1. The van der Waals surface area contributed by atoms with Crippen LogP contribution in [-0.2, 0) is 6.54 Å². The summed E-state index contributed by atoms with van der Waals surface area (Å²) in [6, 6.07) is 15.3. The van der Waals surface area contributed by atoms with E-state index in [2.05, 4.69) is 10.9 Å². The zero-order valence-electron chi connectivity index (χ0n) is 10.9. The maximum absolute atomic E-state index is 10.0. The third-order valence-corrected chi connectivity index (χ3v) is 2.67. The number of rotatable bonds is 6. The minimum atomic E-state index is 0.187. The fourth-order valence-corrected chi connectivity index (χ4v) is 1.75. The summed E-state index contributed by atoms with van der Waals surface area (Å²) >= 11 is 0. The smallest absolute Gasteiger partial charge is 0.162 e. The van der Waals surface area contributed by atoms with Gasteiger partial charge in [0.15, 0.2) is 11.5 Å². The summed E-state index contributed by atoms with van der Waals surface area (Å²) in [7, 11) is 0. The van der Waals surface area contributed by atoms with Crippen molar-refractivity contribution in [1.82, 2.24) is 5.43 Å². The molecule has 0 heterocycles. The SMILES string of the molecule is CCOc1cccc(CNNc2ccccc2)c1O. The standard InChI is InChI=1S/C15H18N2O2/c1-2-19-14-10-6-7-12(15(14)18)11-16-17-13-8-4-3-5-9-13/h3-10,16-18H,2,11H2,1H3. The van der Waals surface area contributed by atoms with Crippen LogP contribution in [0.1, 0.15) is 12.5 Å². The molecule has 2 aromatic rings. The highest BCUT2D eigenvalue weighted by atomic mass is 16.5. The topological polar surface area (TPSA) is 53.5 Å². The van der Waals surface area contributed by atoms with Crippen molar-refractivity contribution in [3.8, 4) is 11.5 Å². The highest BCUT2D eigenvalue weighted by Gasteiger charge is 2.06. The Hall–Kier alpha value is -2.20. The van der Waals surface area contributed by atoms with Crippen molar-refractivity contribution in [3.05, 3.63) is 54.1 Å². The van der Waals surface area contributed by atoms with E-state index >= 15 is 0 Å². The average molecular weight is 258 g/mol. The normalized spacial score (nSPS) is 10.2. The second kappa shape index (κ2) is 6.66. The minimum absolute atomic E-state index is 0.187. The molecule has 0 aliphatic heterocycles. The lowest BCUT2D eigenvalue weighted by molar-refractivity contribution is 0.316. The van der Waals surface area contributed by atoms with E-state index < -0.39 is 0 Å². The first-order chi connectivity index (χ1) is 9.31. The highest BCUT2D eigenvalue weighted by molar-refractivity contribution is 5.46. The number of hydrogen-bond acceptors (Lipinski definition) is 4. The predicted molar refractivity (Wildman–Crippen MR) is 76.2 cm³/mol. The van der Waals surface area contributed by atoms with Crippen LogP contribution in [0.25, 0.3) is 0 Å².